The Morgan fingerprint density at radius 3 is 2.37 bits per heavy atom. The minimum atomic E-state index is -0.242. The molecule has 19 heavy (non-hydrogen) atoms. The van der Waals surface area contributed by atoms with Crippen LogP contribution in [0.2, 0.25) is 0 Å². The van der Waals surface area contributed by atoms with E-state index in [2.05, 4.69) is 4.74 Å². The molecule has 2 N–H and O–H groups in total. The third kappa shape index (κ3) is 4.31. The molecule has 0 aromatic heterocycles. The minimum absolute atomic E-state index is 0.131. The number of aryl methyl sites for hydroxylation is 2. The van der Waals surface area contributed by atoms with Gasteiger partial charge in [-0.1, -0.05) is 6.92 Å². The van der Waals surface area contributed by atoms with E-state index < -0.39 is 0 Å². The van der Waals surface area contributed by atoms with E-state index in [0.29, 0.717) is 12.8 Å². The first kappa shape index (κ1) is 15.6. The van der Waals surface area contributed by atoms with Crippen LogP contribution in [0.3, 0.4) is 0 Å². The molecule has 2 unspecified atom stereocenters. The van der Waals surface area contributed by atoms with Gasteiger partial charge in [0.05, 0.1) is 7.11 Å². The summed E-state index contributed by atoms with van der Waals surface area (Å²) >= 11 is 0. The number of benzene rings is 1. The molecule has 0 saturated heterocycles. The number of ether oxygens (including phenoxy) is 1. The highest BCUT2D eigenvalue weighted by atomic mass is 19.1. The third-order valence-corrected chi connectivity index (χ3v) is 3.33. The number of rotatable bonds is 5. The summed E-state index contributed by atoms with van der Waals surface area (Å²) < 4.78 is 17.9. The van der Waals surface area contributed by atoms with Gasteiger partial charge in [0.2, 0.25) is 0 Å². The maximum atomic E-state index is 13.3. The van der Waals surface area contributed by atoms with Crippen LogP contribution < -0.4 is 5.73 Å². The summed E-state index contributed by atoms with van der Waals surface area (Å²) in [5.74, 6) is -0.341. The SMILES string of the molecule is COC(=O)CC(C)CC(N)c1c(C)cc(F)cc1C. The molecule has 3 nitrogen and oxygen atoms in total. The molecule has 1 rings (SSSR count). The molecular formula is C15H22FNO2. The molecule has 0 fully saturated rings. The zero-order valence-corrected chi connectivity index (χ0v) is 12.0. The van der Waals surface area contributed by atoms with Crippen molar-refractivity contribution >= 4 is 5.97 Å². The van der Waals surface area contributed by atoms with Gasteiger partial charge in [-0.15, -0.1) is 0 Å². The summed E-state index contributed by atoms with van der Waals surface area (Å²) in [5, 5.41) is 0. The molecule has 1 aromatic rings. The fraction of sp³-hybridized carbons (Fsp3) is 0.533. The molecule has 0 amide bonds. The lowest BCUT2D eigenvalue weighted by Crippen LogP contribution is -2.18. The Labute approximate surface area is 113 Å². The van der Waals surface area contributed by atoms with Crippen molar-refractivity contribution in [3.05, 3.63) is 34.6 Å². The summed E-state index contributed by atoms with van der Waals surface area (Å²) in [5.41, 5.74) is 8.87. The number of nitrogens with two attached hydrogens (primary N) is 1. The first-order valence-electron chi connectivity index (χ1n) is 6.44. The molecule has 4 heteroatoms. The van der Waals surface area contributed by atoms with Crippen LogP contribution in [0.25, 0.3) is 0 Å². The summed E-state index contributed by atoms with van der Waals surface area (Å²) in [6.07, 6.45) is 1.02. The van der Waals surface area contributed by atoms with Gasteiger partial charge >= 0.3 is 5.97 Å². The van der Waals surface area contributed by atoms with Crippen LogP contribution in [0.5, 0.6) is 0 Å². The summed E-state index contributed by atoms with van der Waals surface area (Å²) in [4.78, 5) is 11.2. The van der Waals surface area contributed by atoms with Crippen LogP contribution in [0.15, 0.2) is 12.1 Å². The van der Waals surface area contributed by atoms with Crippen molar-refractivity contribution in [2.45, 2.75) is 39.7 Å². The van der Waals surface area contributed by atoms with Crippen molar-refractivity contribution in [3.8, 4) is 0 Å². The van der Waals surface area contributed by atoms with Gasteiger partial charge in [-0.05, 0) is 55.0 Å². The predicted octanol–water partition coefficient (Wildman–Crippen LogP) is 3.03. The van der Waals surface area contributed by atoms with Gasteiger partial charge in [0.1, 0.15) is 5.82 Å². The molecule has 0 saturated carbocycles. The number of carbonyl (C=O) groups is 1. The second-order valence-corrected chi connectivity index (χ2v) is 5.18. The van der Waals surface area contributed by atoms with E-state index in [1.165, 1.54) is 19.2 Å². The highest BCUT2D eigenvalue weighted by molar-refractivity contribution is 5.69. The van der Waals surface area contributed by atoms with Crippen LogP contribution in [-0.2, 0) is 9.53 Å². The Balaban J connectivity index is 2.78. The highest BCUT2D eigenvalue weighted by Crippen LogP contribution is 2.27. The Kier molecular flexibility index (Phi) is 5.48. The van der Waals surface area contributed by atoms with E-state index in [9.17, 15) is 9.18 Å². The lowest BCUT2D eigenvalue weighted by Gasteiger charge is -2.20. The lowest BCUT2D eigenvalue weighted by molar-refractivity contribution is -0.141. The van der Waals surface area contributed by atoms with Gasteiger partial charge in [0.15, 0.2) is 0 Å². The second-order valence-electron chi connectivity index (χ2n) is 5.18. The van der Waals surface area contributed by atoms with Gasteiger partial charge in [-0.2, -0.15) is 0 Å². The predicted molar refractivity (Wildman–Crippen MR) is 73.2 cm³/mol. The normalized spacial score (nSPS) is 14.0. The van der Waals surface area contributed by atoms with Crippen molar-refractivity contribution in [1.82, 2.24) is 0 Å². The van der Waals surface area contributed by atoms with Gasteiger partial charge in [0, 0.05) is 12.5 Å². The van der Waals surface area contributed by atoms with E-state index in [1.807, 2.05) is 20.8 Å². The molecule has 1 aromatic carbocycles. The number of hydrogen-bond acceptors (Lipinski definition) is 3. The van der Waals surface area contributed by atoms with Gasteiger partial charge in [-0.25, -0.2) is 4.39 Å². The van der Waals surface area contributed by atoms with Crippen molar-refractivity contribution in [2.24, 2.45) is 11.7 Å². The molecule has 0 heterocycles. The second kappa shape index (κ2) is 6.66. The smallest absolute Gasteiger partial charge is 0.305 e. The summed E-state index contributed by atoms with van der Waals surface area (Å²) in [7, 11) is 1.38. The van der Waals surface area contributed by atoms with Crippen molar-refractivity contribution < 1.29 is 13.9 Å². The number of methoxy groups -OCH3 is 1. The number of carbonyl (C=O) groups excluding carboxylic acids is 1. The van der Waals surface area contributed by atoms with E-state index in [4.69, 9.17) is 5.73 Å². The fourth-order valence-corrected chi connectivity index (χ4v) is 2.51. The van der Waals surface area contributed by atoms with Crippen molar-refractivity contribution in [2.75, 3.05) is 7.11 Å². The Morgan fingerprint density at radius 2 is 1.89 bits per heavy atom. The van der Waals surface area contributed by atoms with Gasteiger partial charge in [-0.3, -0.25) is 4.79 Å². The Hall–Kier alpha value is -1.42. The first-order chi connectivity index (χ1) is 8.85. The van der Waals surface area contributed by atoms with Crippen LogP contribution >= 0.6 is 0 Å². The average Bonchev–Trinajstić information content (AvgIpc) is 2.26. The average molecular weight is 267 g/mol. The summed E-state index contributed by atoms with van der Waals surface area (Å²) in [6, 6.07) is 2.79. The number of hydrogen-bond donors (Lipinski definition) is 1. The Morgan fingerprint density at radius 1 is 1.37 bits per heavy atom. The standard InChI is InChI=1S/C15H22FNO2/c1-9(6-14(18)19-4)5-13(17)15-10(2)7-12(16)8-11(15)3/h7-9,13H,5-6,17H2,1-4H3. The number of esters is 1. The van der Waals surface area contributed by atoms with Crippen molar-refractivity contribution in [1.29, 1.82) is 0 Å². The zero-order chi connectivity index (χ0) is 14.6. The van der Waals surface area contributed by atoms with Crippen LogP contribution in [0, 0.1) is 25.6 Å². The molecule has 0 radical (unpaired) electrons. The Bertz CT molecular complexity index is 436. The van der Waals surface area contributed by atoms with E-state index in [-0.39, 0.29) is 23.7 Å². The van der Waals surface area contributed by atoms with E-state index >= 15 is 0 Å². The lowest BCUT2D eigenvalue weighted by atomic mass is 9.89. The first-order valence-corrected chi connectivity index (χ1v) is 6.44. The molecule has 2 atom stereocenters. The zero-order valence-electron chi connectivity index (χ0n) is 12.0. The minimum Gasteiger partial charge on any atom is -0.469 e. The molecule has 0 aliphatic rings. The molecule has 0 spiro atoms. The molecule has 0 bridgehead atoms. The molecular weight excluding hydrogens is 245 g/mol. The van der Waals surface area contributed by atoms with E-state index in [1.54, 1.807) is 0 Å². The van der Waals surface area contributed by atoms with Gasteiger partial charge in [0.25, 0.3) is 0 Å². The molecule has 106 valence electrons. The number of halogens is 1. The maximum Gasteiger partial charge on any atom is 0.305 e. The topological polar surface area (TPSA) is 52.3 Å². The van der Waals surface area contributed by atoms with E-state index in [0.717, 1.165) is 16.7 Å². The summed E-state index contributed by atoms with van der Waals surface area (Å²) in [6.45, 7) is 5.68. The monoisotopic (exact) mass is 267 g/mol. The largest absolute Gasteiger partial charge is 0.469 e. The molecule has 0 aliphatic carbocycles. The fourth-order valence-electron chi connectivity index (χ4n) is 2.51. The van der Waals surface area contributed by atoms with Crippen molar-refractivity contribution in [3.63, 3.8) is 0 Å². The highest BCUT2D eigenvalue weighted by Gasteiger charge is 2.18. The molecule has 0 aliphatic heterocycles. The quantitative estimate of drug-likeness (QED) is 0.834. The van der Waals surface area contributed by atoms with Crippen LogP contribution in [0.4, 0.5) is 4.39 Å². The van der Waals surface area contributed by atoms with Gasteiger partial charge < -0.3 is 10.5 Å². The third-order valence-electron chi connectivity index (χ3n) is 3.33. The van der Waals surface area contributed by atoms with Crippen LogP contribution in [-0.4, -0.2) is 13.1 Å². The maximum absolute atomic E-state index is 13.3. The van der Waals surface area contributed by atoms with Crippen LogP contribution in [0.1, 0.15) is 42.5 Å².